The van der Waals surface area contributed by atoms with Crippen LogP contribution < -0.4 is 10.2 Å². The molecule has 0 unspecified atom stereocenters. The molecular weight excluding hydrogens is 373 g/mol. The first-order chi connectivity index (χ1) is 12.1. The molecule has 1 fully saturated rings. The number of benzene rings is 1. The van der Waals surface area contributed by atoms with E-state index in [1.54, 1.807) is 11.4 Å². The molecule has 1 aromatic carbocycles. The summed E-state index contributed by atoms with van der Waals surface area (Å²) in [6.07, 6.45) is -4.47. The van der Waals surface area contributed by atoms with Crippen molar-refractivity contribution in [2.24, 2.45) is 0 Å². The van der Waals surface area contributed by atoms with E-state index in [9.17, 15) is 26.4 Å². The molecule has 11 heteroatoms. The molecule has 1 aliphatic rings. The number of nitriles is 1. The van der Waals surface area contributed by atoms with Crippen LogP contribution in [0.1, 0.15) is 5.56 Å². The van der Waals surface area contributed by atoms with Crippen molar-refractivity contribution in [2.75, 3.05) is 39.3 Å². The summed E-state index contributed by atoms with van der Waals surface area (Å²) in [7, 11) is -3.84. The first-order valence-electron chi connectivity index (χ1n) is 7.80. The minimum Gasteiger partial charge on any atom is -0.342 e. The summed E-state index contributed by atoms with van der Waals surface area (Å²) in [4.78, 5) is 12.2. The Kier molecular flexibility index (Phi) is 6.22. The van der Waals surface area contributed by atoms with Crippen molar-refractivity contribution in [1.82, 2.24) is 9.62 Å². The Hall–Kier alpha value is -2.16. The van der Waals surface area contributed by atoms with Gasteiger partial charge in [0.15, 0.2) is 6.54 Å². The number of carbonyl (C=O) groups is 1. The van der Waals surface area contributed by atoms with Gasteiger partial charge in [-0.1, -0.05) is 12.1 Å². The third-order valence-electron chi connectivity index (χ3n) is 3.95. The van der Waals surface area contributed by atoms with E-state index in [-0.39, 0.29) is 43.2 Å². The van der Waals surface area contributed by atoms with Gasteiger partial charge in [0.05, 0.1) is 36.6 Å². The van der Waals surface area contributed by atoms with Crippen LogP contribution in [0.3, 0.4) is 0 Å². The average molecular weight is 391 g/mol. The molecule has 0 bridgehead atoms. The zero-order valence-electron chi connectivity index (χ0n) is 13.7. The number of piperazine rings is 1. The highest BCUT2D eigenvalue weighted by atomic mass is 32.2. The molecule has 0 saturated carbocycles. The third-order valence-corrected chi connectivity index (χ3v) is 5.91. The lowest BCUT2D eigenvalue weighted by Crippen LogP contribution is -3.15. The van der Waals surface area contributed by atoms with Crippen LogP contribution >= 0.6 is 0 Å². The van der Waals surface area contributed by atoms with Gasteiger partial charge in [-0.2, -0.15) is 22.7 Å². The van der Waals surface area contributed by atoms with E-state index < -0.39 is 28.7 Å². The van der Waals surface area contributed by atoms with Crippen LogP contribution in [0.5, 0.6) is 0 Å². The Labute approximate surface area is 149 Å². The summed E-state index contributed by atoms with van der Waals surface area (Å²) < 4.78 is 62.8. The highest BCUT2D eigenvalue weighted by Crippen LogP contribution is 2.19. The average Bonchev–Trinajstić information content (AvgIpc) is 2.60. The second-order valence-corrected chi connectivity index (χ2v) is 7.74. The summed E-state index contributed by atoms with van der Waals surface area (Å²) in [6.45, 7) is -0.738. The molecule has 26 heavy (non-hydrogen) atoms. The van der Waals surface area contributed by atoms with Crippen molar-refractivity contribution in [3.8, 4) is 6.07 Å². The first kappa shape index (κ1) is 20.2. The summed E-state index contributed by atoms with van der Waals surface area (Å²) in [6, 6.07) is 7.72. The SMILES string of the molecule is N#Cc1ccccc1S(=O)(=O)N1CC[NH+](CC(=O)NCC(F)(F)F)CC1. The van der Waals surface area contributed by atoms with Crippen molar-refractivity contribution >= 4 is 15.9 Å². The number of sulfonamides is 1. The zero-order valence-corrected chi connectivity index (χ0v) is 14.5. The second kappa shape index (κ2) is 8.03. The number of alkyl halides is 3. The maximum Gasteiger partial charge on any atom is 0.405 e. The smallest absolute Gasteiger partial charge is 0.342 e. The fraction of sp³-hybridized carbons (Fsp3) is 0.467. The lowest BCUT2D eigenvalue weighted by atomic mass is 10.2. The van der Waals surface area contributed by atoms with E-state index in [4.69, 9.17) is 5.26 Å². The molecule has 1 saturated heterocycles. The number of nitrogens with one attached hydrogen (secondary N) is 2. The van der Waals surface area contributed by atoms with Gasteiger partial charge in [-0.05, 0) is 12.1 Å². The Bertz CT molecular complexity index is 797. The molecule has 142 valence electrons. The van der Waals surface area contributed by atoms with Crippen molar-refractivity contribution < 1.29 is 31.3 Å². The number of nitrogens with zero attached hydrogens (tertiary/aromatic N) is 2. The van der Waals surface area contributed by atoms with E-state index in [2.05, 4.69) is 0 Å². The van der Waals surface area contributed by atoms with E-state index in [0.717, 1.165) is 0 Å². The number of quaternary nitrogens is 1. The topological polar surface area (TPSA) is 94.7 Å². The van der Waals surface area contributed by atoms with Crippen molar-refractivity contribution in [3.63, 3.8) is 0 Å². The maximum absolute atomic E-state index is 12.7. The highest BCUT2D eigenvalue weighted by Gasteiger charge is 2.33. The molecule has 1 aromatic rings. The molecule has 0 aromatic heterocycles. The number of amides is 1. The van der Waals surface area contributed by atoms with Crippen LogP contribution in [0, 0.1) is 11.3 Å². The fourth-order valence-corrected chi connectivity index (χ4v) is 4.21. The second-order valence-electron chi connectivity index (χ2n) is 5.83. The van der Waals surface area contributed by atoms with Crippen LogP contribution in [-0.2, 0) is 14.8 Å². The lowest BCUT2D eigenvalue weighted by molar-refractivity contribution is -0.895. The van der Waals surface area contributed by atoms with E-state index in [1.807, 2.05) is 6.07 Å². The molecule has 1 aliphatic heterocycles. The third kappa shape index (κ3) is 5.17. The monoisotopic (exact) mass is 391 g/mol. The van der Waals surface area contributed by atoms with Gasteiger partial charge < -0.3 is 10.2 Å². The molecule has 0 aliphatic carbocycles. The molecule has 1 heterocycles. The predicted octanol–water partition coefficient (Wildman–Crippen LogP) is -0.874. The number of halogens is 3. The predicted molar refractivity (Wildman–Crippen MR) is 84.5 cm³/mol. The molecule has 0 spiro atoms. The van der Waals surface area contributed by atoms with Crippen LogP contribution in [0.25, 0.3) is 0 Å². The largest absolute Gasteiger partial charge is 0.405 e. The van der Waals surface area contributed by atoms with Crippen molar-refractivity contribution in [3.05, 3.63) is 29.8 Å². The van der Waals surface area contributed by atoms with E-state index in [1.165, 1.54) is 22.5 Å². The van der Waals surface area contributed by atoms with Gasteiger partial charge in [-0.25, -0.2) is 8.42 Å². The van der Waals surface area contributed by atoms with E-state index >= 15 is 0 Å². The minimum atomic E-state index is -4.47. The quantitative estimate of drug-likeness (QED) is 0.682. The van der Waals surface area contributed by atoms with Crippen molar-refractivity contribution in [2.45, 2.75) is 11.1 Å². The molecule has 7 nitrogen and oxygen atoms in total. The van der Waals surface area contributed by atoms with Crippen LogP contribution in [-0.4, -0.2) is 64.1 Å². The summed E-state index contributed by atoms with van der Waals surface area (Å²) >= 11 is 0. The van der Waals surface area contributed by atoms with Gasteiger partial charge in [0.1, 0.15) is 12.6 Å². The van der Waals surface area contributed by atoms with Gasteiger partial charge in [-0.15, -0.1) is 0 Å². The van der Waals surface area contributed by atoms with E-state index in [0.29, 0.717) is 4.90 Å². The van der Waals surface area contributed by atoms with Crippen LogP contribution in [0.4, 0.5) is 13.2 Å². The number of carbonyl (C=O) groups excluding carboxylic acids is 1. The molecule has 1 amide bonds. The van der Waals surface area contributed by atoms with Gasteiger partial charge in [0, 0.05) is 0 Å². The fourth-order valence-electron chi connectivity index (χ4n) is 2.63. The van der Waals surface area contributed by atoms with Gasteiger partial charge >= 0.3 is 6.18 Å². The van der Waals surface area contributed by atoms with Crippen LogP contribution in [0.15, 0.2) is 29.2 Å². The molecule has 0 atom stereocenters. The molecule has 2 rings (SSSR count). The van der Waals surface area contributed by atoms with Gasteiger partial charge in [-0.3, -0.25) is 4.79 Å². The van der Waals surface area contributed by atoms with Crippen LogP contribution in [0.2, 0.25) is 0 Å². The number of hydrogen-bond donors (Lipinski definition) is 2. The molecule has 2 N–H and O–H groups in total. The summed E-state index contributed by atoms with van der Waals surface area (Å²) in [5.74, 6) is -0.733. The highest BCUT2D eigenvalue weighted by molar-refractivity contribution is 7.89. The Morgan fingerprint density at radius 1 is 1.27 bits per heavy atom. The number of hydrogen-bond acceptors (Lipinski definition) is 4. The summed E-state index contributed by atoms with van der Waals surface area (Å²) in [5.41, 5.74) is 0.0498. The zero-order chi connectivity index (χ0) is 19.4. The lowest BCUT2D eigenvalue weighted by Gasteiger charge is -2.31. The normalized spacial score (nSPS) is 16.8. The molecular formula is C15H18F3N4O3S+. The molecule has 0 radical (unpaired) electrons. The summed E-state index contributed by atoms with van der Waals surface area (Å²) in [5, 5.41) is 10.9. The maximum atomic E-state index is 12.7. The standard InChI is InChI=1S/C15H17F3N4O3S/c16-15(17,18)11-20-14(23)10-21-5-7-22(8-6-21)26(24,25)13-4-2-1-3-12(13)9-19/h1-4H,5-8,10-11H2,(H,20,23)/p+1. The van der Waals surface area contributed by atoms with Gasteiger partial charge in [0.2, 0.25) is 10.0 Å². The number of rotatable bonds is 5. The minimum absolute atomic E-state index is 0.0498. The van der Waals surface area contributed by atoms with Crippen molar-refractivity contribution in [1.29, 1.82) is 5.26 Å². The Balaban J connectivity index is 1.94. The Morgan fingerprint density at radius 2 is 1.88 bits per heavy atom. The first-order valence-corrected chi connectivity index (χ1v) is 9.24. The Morgan fingerprint density at radius 3 is 2.46 bits per heavy atom. The van der Waals surface area contributed by atoms with Gasteiger partial charge in [0.25, 0.3) is 5.91 Å².